The van der Waals surface area contributed by atoms with Crippen molar-refractivity contribution in [1.29, 1.82) is 0 Å². The van der Waals surface area contributed by atoms with Gasteiger partial charge in [0.15, 0.2) is 5.78 Å². The average Bonchev–Trinajstić information content (AvgIpc) is 2.41. The third-order valence-corrected chi connectivity index (χ3v) is 2.26. The van der Waals surface area contributed by atoms with Crippen molar-refractivity contribution in [2.24, 2.45) is 4.99 Å². The van der Waals surface area contributed by atoms with Crippen LogP contribution in [-0.2, 0) is 0 Å². The Hall–Kier alpha value is -2.29. The van der Waals surface area contributed by atoms with E-state index in [2.05, 4.69) is 9.98 Å². The summed E-state index contributed by atoms with van der Waals surface area (Å²) < 4.78 is 0. The second-order valence-corrected chi connectivity index (χ2v) is 3.55. The highest BCUT2D eigenvalue weighted by Crippen LogP contribution is 2.00. The molecule has 1 aromatic carbocycles. The summed E-state index contributed by atoms with van der Waals surface area (Å²) in [6, 6.07) is 12.9. The van der Waals surface area contributed by atoms with Crippen LogP contribution in [0.3, 0.4) is 0 Å². The van der Waals surface area contributed by atoms with E-state index in [1.807, 2.05) is 30.3 Å². The predicted octanol–water partition coefficient (Wildman–Crippen LogP) is 2.38. The molecule has 1 aromatic heterocycles. The normalized spacial score (nSPS) is 10.6. The minimum atomic E-state index is 0.0192. The van der Waals surface area contributed by atoms with Gasteiger partial charge in [0.05, 0.1) is 0 Å². The molecule has 84 valence electrons. The number of ketones is 1. The number of Topliss-reactive ketones (excluding diaryl/α,β-unsaturated/α-hetero) is 1. The number of hydrogen-bond donors (Lipinski definition) is 0. The number of benzene rings is 1. The Labute approximate surface area is 99.9 Å². The summed E-state index contributed by atoms with van der Waals surface area (Å²) in [5.74, 6) is 0.0192. The lowest BCUT2D eigenvalue weighted by molar-refractivity contribution is 0.100. The summed E-state index contributed by atoms with van der Waals surface area (Å²) in [5, 5.41) is 0. The molecule has 0 N–H and O–H groups in total. The van der Waals surface area contributed by atoms with E-state index in [4.69, 9.17) is 0 Å². The van der Waals surface area contributed by atoms with Crippen LogP contribution in [0, 0.1) is 0 Å². The second-order valence-electron chi connectivity index (χ2n) is 3.55. The Bertz CT molecular complexity index is 506. The molecule has 2 aromatic rings. The highest BCUT2D eigenvalue weighted by Gasteiger charge is 2.01. The topological polar surface area (TPSA) is 42.3 Å². The van der Waals surface area contributed by atoms with Gasteiger partial charge in [0, 0.05) is 29.7 Å². The third-order valence-electron chi connectivity index (χ3n) is 2.26. The minimum Gasteiger partial charge on any atom is -0.292 e. The van der Waals surface area contributed by atoms with Gasteiger partial charge in [0.25, 0.3) is 0 Å². The van der Waals surface area contributed by atoms with Crippen LogP contribution in [0.15, 0.2) is 59.9 Å². The Morgan fingerprint density at radius 1 is 1.18 bits per heavy atom. The second kappa shape index (κ2) is 5.70. The summed E-state index contributed by atoms with van der Waals surface area (Å²) in [6.07, 6.45) is 5.07. The molecule has 17 heavy (non-hydrogen) atoms. The first kappa shape index (κ1) is 11.2. The van der Waals surface area contributed by atoms with Crippen LogP contribution in [0.2, 0.25) is 0 Å². The molecule has 0 saturated carbocycles. The molecular formula is C14H12N2O. The molecule has 0 unspecified atom stereocenters. The van der Waals surface area contributed by atoms with Gasteiger partial charge >= 0.3 is 0 Å². The third kappa shape index (κ3) is 3.34. The van der Waals surface area contributed by atoms with Crippen molar-refractivity contribution in [3.63, 3.8) is 0 Å². The predicted molar refractivity (Wildman–Crippen MR) is 67.5 cm³/mol. The zero-order valence-corrected chi connectivity index (χ0v) is 9.28. The molecule has 0 aliphatic carbocycles. The molecule has 0 radical (unpaired) electrons. The molecule has 0 saturated heterocycles. The van der Waals surface area contributed by atoms with Crippen molar-refractivity contribution in [1.82, 2.24) is 4.98 Å². The van der Waals surface area contributed by atoms with Gasteiger partial charge in [-0.2, -0.15) is 0 Å². The van der Waals surface area contributed by atoms with E-state index in [1.165, 1.54) is 0 Å². The fourth-order valence-electron chi connectivity index (χ4n) is 1.40. The van der Waals surface area contributed by atoms with Crippen molar-refractivity contribution >= 4 is 12.0 Å². The summed E-state index contributed by atoms with van der Waals surface area (Å²) in [7, 11) is 0. The Balaban J connectivity index is 1.95. The van der Waals surface area contributed by atoms with Crippen LogP contribution in [0.4, 0.5) is 0 Å². The van der Waals surface area contributed by atoms with Gasteiger partial charge in [-0.1, -0.05) is 36.4 Å². The number of rotatable bonds is 4. The highest BCUT2D eigenvalue weighted by molar-refractivity contribution is 5.98. The Morgan fingerprint density at radius 3 is 2.71 bits per heavy atom. The number of pyridine rings is 1. The van der Waals surface area contributed by atoms with Gasteiger partial charge in [-0.3, -0.25) is 14.8 Å². The fraction of sp³-hybridized carbons (Fsp3) is 0.0714. The van der Waals surface area contributed by atoms with Crippen LogP contribution in [0.5, 0.6) is 0 Å². The van der Waals surface area contributed by atoms with E-state index in [-0.39, 0.29) is 12.3 Å². The Morgan fingerprint density at radius 2 is 2.00 bits per heavy atom. The molecule has 3 heteroatoms. The van der Waals surface area contributed by atoms with Crippen molar-refractivity contribution in [3.05, 3.63) is 66.0 Å². The highest BCUT2D eigenvalue weighted by atomic mass is 16.1. The molecule has 0 spiro atoms. The summed E-state index contributed by atoms with van der Waals surface area (Å²) >= 11 is 0. The summed E-state index contributed by atoms with van der Waals surface area (Å²) in [4.78, 5) is 19.8. The number of aliphatic imine (C=N–C) groups is 1. The Kier molecular flexibility index (Phi) is 3.76. The monoisotopic (exact) mass is 224 g/mol. The molecule has 3 nitrogen and oxygen atoms in total. The molecule has 0 aliphatic rings. The standard InChI is InChI=1S/C14H12N2O/c17-14(13-6-2-1-3-7-13)11-16-10-12-5-4-8-15-9-12/h1-10H,11H2. The van der Waals surface area contributed by atoms with Gasteiger partial charge < -0.3 is 0 Å². The molecule has 0 fully saturated rings. The van der Waals surface area contributed by atoms with Crippen molar-refractivity contribution in [2.45, 2.75) is 0 Å². The van der Waals surface area contributed by atoms with E-state index < -0.39 is 0 Å². The molecule has 1 heterocycles. The number of hydrogen-bond acceptors (Lipinski definition) is 3. The maximum Gasteiger partial charge on any atom is 0.184 e. The SMILES string of the molecule is O=C(CN=Cc1cccnc1)c1ccccc1. The van der Waals surface area contributed by atoms with Crippen LogP contribution in [-0.4, -0.2) is 23.5 Å². The van der Waals surface area contributed by atoms with Crippen LogP contribution < -0.4 is 0 Å². The molecular weight excluding hydrogens is 212 g/mol. The van der Waals surface area contributed by atoms with E-state index in [9.17, 15) is 4.79 Å². The first-order valence-corrected chi connectivity index (χ1v) is 5.34. The lowest BCUT2D eigenvalue weighted by Crippen LogP contribution is -2.03. The van der Waals surface area contributed by atoms with Gasteiger partial charge in [0.2, 0.25) is 0 Å². The van der Waals surface area contributed by atoms with E-state index >= 15 is 0 Å². The van der Waals surface area contributed by atoms with E-state index in [0.717, 1.165) is 5.56 Å². The van der Waals surface area contributed by atoms with Crippen molar-refractivity contribution in [2.75, 3.05) is 6.54 Å². The largest absolute Gasteiger partial charge is 0.292 e. The first-order chi connectivity index (χ1) is 8.36. The average molecular weight is 224 g/mol. The summed E-state index contributed by atoms with van der Waals surface area (Å²) in [6.45, 7) is 0.166. The first-order valence-electron chi connectivity index (χ1n) is 5.34. The number of carbonyl (C=O) groups is 1. The lowest BCUT2D eigenvalue weighted by Gasteiger charge is -1.96. The van der Waals surface area contributed by atoms with Crippen LogP contribution >= 0.6 is 0 Å². The maximum absolute atomic E-state index is 11.7. The quantitative estimate of drug-likeness (QED) is 0.591. The fourth-order valence-corrected chi connectivity index (χ4v) is 1.40. The van der Waals surface area contributed by atoms with Gasteiger partial charge in [0.1, 0.15) is 6.54 Å². The molecule has 0 atom stereocenters. The summed E-state index contributed by atoms with van der Waals surface area (Å²) in [5.41, 5.74) is 1.59. The van der Waals surface area contributed by atoms with Crippen molar-refractivity contribution < 1.29 is 4.79 Å². The zero-order valence-electron chi connectivity index (χ0n) is 9.28. The van der Waals surface area contributed by atoms with E-state index in [0.29, 0.717) is 5.56 Å². The molecule has 0 aliphatic heterocycles. The number of carbonyl (C=O) groups excluding carboxylic acids is 1. The van der Waals surface area contributed by atoms with Crippen molar-refractivity contribution in [3.8, 4) is 0 Å². The number of nitrogens with zero attached hydrogens (tertiary/aromatic N) is 2. The number of aromatic nitrogens is 1. The van der Waals surface area contributed by atoms with Gasteiger partial charge in [-0.05, 0) is 6.07 Å². The minimum absolute atomic E-state index is 0.0192. The smallest absolute Gasteiger partial charge is 0.184 e. The van der Waals surface area contributed by atoms with Crippen LogP contribution in [0.25, 0.3) is 0 Å². The molecule has 0 amide bonds. The van der Waals surface area contributed by atoms with Gasteiger partial charge in [-0.25, -0.2) is 0 Å². The van der Waals surface area contributed by atoms with E-state index in [1.54, 1.807) is 30.7 Å². The molecule has 2 rings (SSSR count). The zero-order chi connectivity index (χ0) is 11.9. The van der Waals surface area contributed by atoms with Crippen LogP contribution in [0.1, 0.15) is 15.9 Å². The maximum atomic E-state index is 11.7. The van der Waals surface area contributed by atoms with Gasteiger partial charge in [-0.15, -0.1) is 0 Å². The lowest BCUT2D eigenvalue weighted by atomic mass is 10.1. The molecule has 0 bridgehead atoms.